The summed E-state index contributed by atoms with van der Waals surface area (Å²) < 4.78 is 6.01. The number of nitrogens with one attached hydrogen (secondary N) is 1. The van der Waals surface area contributed by atoms with Gasteiger partial charge in [-0.25, -0.2) is 4.79 Å². The van der Waals surface area contributed by atoms with Crippen LogP contribution in [0.3, 0.4) is 0 Å². The number of alkyl halides is 2. The van der Waals surface area contributed by atoms with Crippen molar-refractivity contribution in [1.29, 1.82) is 0 Å². The second kappa shape index (κ2) is 9.22. The molecular weight excluding hydrogens is 559 g/mol. The summed E-state index contributed by atoms with van der Waals surface area (Å²) in [7, 11) is 0. The average Bonchev–Trinajstić information content (AvgIpc) is 3.44. The van der Waals surface area contributed by atoms with Gasteiger partial charge in [-0.1, -0.05) is 15.9 Å². The van der Waals surface area contributed by atoms with Crippen LogP contribution in [0.15, 0.2) is 46.9 Å². The summed E-state index contributed by atoms with van der Waals surface area (Å²) in [6.45, 7) is 1.40. The van der Waals surface area contributed by atoms with Crippen LogP contribution in [0.25, 0.3) is 0 Å². The van der Waals surface area contributed by atoms with E-state index >= 15 is 0 Å². The van der Waals surface area contributed by atoms with Gasteiger partial charge in [0, 0.05) is 10.2 Å². The molecular formula is C25H21BrCl2N2O5. The highest BCUT2D eigenvalue weighted by Gasteiger charge is 2.66. The lowest BCUT2D eigenvalue weighted by molar-refractivity contribution is -0.123. The summed E-state index contributed by atoms with van der Waals surface area (Å²) in [6.07, 6.45) is 0.697. The predicted molar refractivity (Wildman–Crippen MR) is 135 cm³/mol. The summed E-state index contributed by atoms with van der Waals surface area (Å²) >= 11 is 16.2. The van der Waals surface area contributed by atoms with Gasteiger partial charge in [-0.05, 0) is 73.2 Å². The van der Waals surface area contributed by atoms with E-state index < -0.39 is 30.3 Å². The first kappa shape index (κ1) is 24.3. The number of esters is 1. The van der Waals surface area contributed by atoms with Crippen molar-refractivity contribution in [1.82, 2.24) is 0 Å². The third-order valence-electron chi connectivity index (χ3n) is 7.15. The molecule has 5 rings (SSSR count). The third kappa shape index (κ3) is 4.15. The Bertz CT molecular complexity index is 1200. The molecule has 3 aliphatic rings. The molecule has 35 heavy (non-hydrogen) atoms. The normalized spacial score (nSPS) is 28.9. The van der Waals surface area contributed by atoms with Gasteiger partial charge in [-0.15, -0.1) is 23.2 Å². The Hall–Kier alpha value is -2.42. The molecule has 2 aromatic rings. The summed E-state index contributed by atoms with van der Waals surface area (Å²) in [4.78, 5) is 52.0. The van der Waals surface area contributed by atoms with E-state index in [0.717, 1.165) is 10.0 Å². The van der Waals surface area contributed by atoms with Crippen molar-refractivity contribution < 1.29 is 23.9 Å². The highest BCUT2D eigenvalue weighted by Crippen LogP contribution is 2.59. The van der Waals surface area contributed by atoms with Crippen molar-refractivity contribution in [3.63, 3.8) is 0 Å². The molecule has 7 nitrogen and oxygen atoms in total. The van der Waals surface area contributed by atoms with Crippen LogP contribution in [0.1, 0.15) is 22.3 Å². The minimum atomic E-state index is -0.691. The molecule has 2 saturated carbocycles. The SMILES string of the molecule is Cc1cc(Br)ccc1NC(=O)COC(=O)c1ccc(N2C(=O)[C@@H]3[C@H]4C[C@@H]([C@H](Cl)[C@H]4Cl)[C@H]3C2=O)cc1. The number of benzene rings is 2. The van der Waals surface area contributed by atoms with Gasteiger partial charge in [0.1, 0.15) is 0 Å². The quantitative estimate of drug-likeness (QED) is 0.319. The number of carbonyl (C=O) groups is 4. The fraction of sp³-hybridized carbons (Fsp3) is 0.360. The molecule has 3 fully saturated rings. The number of hydrogen-bond donors (Lipinski definition) is 1. The molecule has 0 spiro atoms. The zero-order valence-corrected chi connectivity index (χ0v) is 21.6. The Labute approximate surface area is 220 Å². The zero-order valence-electron chi connectivity index (χ0n) is 18.5. The van der Waals surface area contributed by atoms with E-state index in [-0.39, 0.29) is 40.0 Å². The van der Waals surface area contributed by atoms with E-state index in [9.17, 15) is 19.2 Å². The molecule has 1 N–H and O–H groups in total. The standard InChI is InChI=1S/C25H21BrCl2N2O5/c1-11-8-13(26)4-7-17(11)29-18(31)10-35-25(34)12-2-5-14(6-3-12)30-23(32)19-15-9-16(20(19)24(30)33)22(28)21(15)27/h2-8,15-16,19-22H,9-10H2,1H3,(H,29,31)/t15-,16-,19-,20-,21+,22+/m1/s1. The smallest absolute Gasteiger partial charge is 0.338 e. The highest BCUT2D eigenvalue weighted by atomic mass is 79.9. The molecule has 3 amide bonds. The van der Waals surface area contributed by atoms with Gasteiger partial charge in [0.05, 0.1) is 33.8 Å². The van der Waals surface area contributed by atoms with E-state index in [1.54, 1.807) is 12.1 Å². The lowest BCUT2D eigenvalue weighted by Crippen LogP contribution is -2.37. The summed E-state index contributed by atoms with van der Waals surface area (Å²) in [5, 5.41) is 2.06. The van der Waals surface area contributed by atoms with Crippen LogP contribution in [-0.4, -0.2) is 41.1 Å². The lowest BCUT2D eigenvalue weighted by atomic mass is 9.80. The number of hydrogen-bond acceptors (Lipinski definition) is 5. The molecule has 0 radical (unpaired) electrons. The van der Waals surface area contributed by atoms with Gasteiger partial charge in [0.2, 0.25) is 11.8 Å². The second-order valence-electron chi connectivity index (χ2n) is 9.15. The molecule has 182 valence electrons. The zero-order chi connectivity index (χ0) is 25.0. The van der Waals surface area contributed by atoms with Crippen molar-refractivity contribution in [2.45, 2.75) is 24.1 Å². The number of imide groups is 1. The molecule has 10 heteroatoms. The second-order valence-corrected chi connectivity index (χ2v) is 11.1. The van der Waals surface area contributed by atoms with E-state index in [0.29, 0.717) is 17.8 Å². The fourth-order valence-electron chi connectivity index (χ4n) is 5.52. The van der Waals surface area contributed by atoms with E-state index in [1.165, 1.54) is 29.2 Å². The van der Waals surface area contributed by atoms with Crippen molar-refractivity contribution in [3.05, 3.63) is 58.1 Å². The Kier molecular flexibility index (Phi) is 6.40. The maximum atomic E-state index is 13.1. The molecule has 1 aliphatic heterocycles. The molecule has 0 aromatic heterocycles. The minimum Gasteiger partial charge on any atom is -0.452 e. The van der Waals surface area contributed by atoms with Crippen LogP contribution in [-0.2, 0) is 19.1 Å². The molecule has 2 aliphatic carbocycles. The first-order chi connectivity index (χ1) is 16.7. The van der Waals surface area contributed by atoms with Gasteiger partial charge in [-0.3, -0.25) is 19.3 Å². The van der Waals surface area contributed by atoms with Gasteiger partial charge in [-0.2, -0.15) is 0 Å². The van der Waals surface area contributed by atoms with Crippen LogP contribution in [0, 0.1) is 30.6 Å². The number of nitrogens with zero attached hydrogens (tertiary/aromatic N) is 1. The first-order valence-electron chi connectivity index (χ1n) is 11.2. The molecule has 2 bridgehead atoms. The van der Waals surface area contributed by atoms with E-state index in [2.05, 4.69) is 21.2 Å². The number of anilines is 2. The Morgan fingerprint density at radius 1 is 1.03 bits per heavy atom. The fourth-order valence-corrected chi connectivity index (χ4v) is 6.89. The predicted octanol–water partition coefficient (Wildman–Crippen LogP) is 4.52. The summed E-state index contributed by atoms with van der Waals surface area (Å²) in [5.41, 5.74) is 2.06. The molecule has 6 atom stereocenters. The molecule has 1 saturated heterocycles. The molecule has 1 heterocycles. The van der Waals surface area contributed by atoms with Crippen LogP contribution >= 0.6 is 39.1 Å². The Balaban J connectivity index is 1.21. The van der Waals surface area contributed by atoms with Crippen molar-refractivity contribution >= 4 is 74.2 Å². The van der Waals surface area contributed by atoms with Gasteiger partial charge in [0.25, 0.3) is 5.91 Å². The Morgan fingerprint density at radius 3 is 2.20 bits per heavy atom. The van der Waals surface area contributed by atoms with Crippen molar-refractivity contribution in [2.24, 2.45) is 23.7 Å². The molecule has 0 unspecified atom stereocenters. The number of rotatable bonds is 5. The van der Waals surface area contributed by atoms with E-state index in [1.807, 2.05) is 13.0 Å². The van der Waals surface area contributed by atoms with Crippen LogP contribution in [0.4, 0.5) is 11.4 Å². The van der Waals surface area contributed by atoms with Crippen LogP contribution < -0.4 is 10.2 Å². The number of amides is 3. The monoisotopic (exact) mass is 578 g/mol. The number of halogens is 3. The lowest BCUT2D eigenvalue weighted by Gasteiger charge is -2.28. The Morgan fingerprint density at radius 2 is 1.63 bits per heavy atom. The largest absolute Gasteiger partial charge is 0.452 e. The highest BCUT2D eigenvalue weighted by molar-refractivity contribution is 9.10. The minimum absolute atomic E-state index is 0.0998. The number of ether oxygens (including phenoxy) is 1. The summed E-state index contributed by atoms with van der Waals surface area (Å²) in [5.74, 6) is -2.78. The topological polar surface area (TPSA) is 92.8 Å². The van der Waals surface area contributed by atoms with Gasteiger partial charge in [0.15, 0.2) is 6.61 Å². The maximum absolute atomic E-state index is 13.1. The number of fused-ring (bicyclic) bond motifs is 5. The first-order valence-corrected chi connectivity index (χ1v) is 12.8. The van der Waals surface area contributed by atoms with Gasteiger partial charge >= 0.3 is 5.97 Å². The van der Waals surface area contributed by atoms with Crippen LogP contribution in [0.2, 0.25) is 0 Å². The van der Waals surface area contributed by atoms with Gasteiger partial charge < -0.3 is 10.1 Å². The third-order valence-corrected chi connectivity index (χ3v) is 8.96. The van der Waals surface area contributed by atoms with Crippen molar-refractivity contribution in [2.75, 3.05) is 16.8 Å². The molecule has 2 aromatic carbocycles. The number of carbonyl (C=O) groups excluding carboxylic acids is 4. The maximum Gasteiger partial charge on any atom is 0.338 e. The summed E-state index contributed by atoms with van der Waals surface area (Å²) in [6, 6.07) is 11.4. The van der Waals surface area contributed by atoms with Crippen LogP contribution in [0.5, 0.6) is 0 Å². The van der Waals surface area contributed by atoms with E-state index in [4.69, 9.17) is 27.9 Å². The number of aryl methyl sites for hydroxylation is 1. The average molecular weight is 580 g/mol. The van der Waals surface area contributed by atoms with Crippen molar-refractivity contribution in [3.8, 4) is 0 Å².